The molecular formula is C17H30IN5O2S. The largest absolute Gasteiger partial charge is 0.444 e. The molecule has 1 saturated heterocycles. The molecular weight excluding hydrogens is 465 g/mol. The lowest BCUT2D eigenvalue weighted by Crippen LogP contribution is -2.53. The first-order valence-corrected chi connectivity index (χ1v) is 9.62. The summed E-state index contributed by atoms with van der Waals surface area (Å²) in [4.78, 5) is 24.8. The smallest absolute Gasteiger partial charge is 0.410 e. The van der Waals surface area contributed by atoms with Crippen molar-refractivity contribution in [1.29, 1.82) is 0 Å². The van der Waals surface area contributed by atoms with E-state index in [2.05, 4.69) is 22.3 Å². The number of hydrogen-bond acceptors (Lipinski definition) is 5. The minimum atomic E-state index is -0.470. The zero-order valence-corrected chi connectivity index (χ0v) is 19.2. The van der Waals surface area contributed by atoms with Crippen LogP contribution in [0.3, 0.4) is 0 Å². The molecule has 1 aromatic heterocycles. The van der Waals surface area contributed by atoms with Crippen molar-refractivity contribution in [3.05, 3.63) is 16.1 Å². The van der Waals surface area contributed by atoms with E-state index in [1.54, 1.807) is 16.2 Å². The number of carbonyl (C=O) groups is 1. The zero-order valence-electron chi connectivity index (χ0n) is 16.0. The van der Waals surface area contributed by atoms with E-state index in [9.17, 15) is 4.79 Å². The second kappa shape index (κ2) is 10.3. The molecule has 26 heavy (non-hydrogen) atoms. The molecule has 2 rings (SSSR count). The molecule has 0 atom stereocenters. The molecule has 1 aromatic rings. The van der Waals surface area contributed by atoms with Crippen LogP contribution in [0.5, 0.6) is 0 Å². The van der Waals surface area contributed by atoms with Crippen LogP contribution in [-0.2, 0) is 17.6 Å². The molecule has 0 radical (unpaired) electrons. The normalized spacial score (nSPS) is 15.6. The zero-order chi connectivity index (χ0) is 18.4. The van der Waals surface area contributed by atoms with Crippen LogP contribution in [0.2, 0.25) is 0 Å². The Bertz CT molecular complexity index is 607. The van der Waals surface area contributed by atoms with Gasteiger partial charge in [0.05, 0.1) is 10.7 Å². The van der Waals surface area contributed by atoms with Gasteiger partial charge in [-0.05, 0) is 27.2 Å². The van der Waals surface area contributed by atoms with Gasteiger partial charge in [0.25, 0.3) is 0 Å². The Morgan fingerprint density at radius 3 is 2.46 bits per heavy atom. The standard InChI is InChI=1S/C17H29N5O2S.HI/c1-5-14-20-13(12-25-14)6-7-19-15(18)21-8-10-22(11-9-21)16(23)24-17(2,3)4;/h12H,5-11H2,1-4H3,(H2,18,19);1H. The van der Waals surface area contributed by atoms with E-state index in [4.69, 9.17) is 10.5 Å². The molecule has 0 bridgehead atoms. The Labute approximate surface area is 177 Å². The fraction of sp³-hybridized carbons (Fsp3) is 0.706. The van der Waals surface area contributed by atoms with Crippen LogP contribution in [0, 0.1) is 0 Å². The number of piperazine rings is 1. The number of nitrogens with zero attached hydrogens (tertiary/aromatic N) is 4. The highest BCUT2D eigenvalue weighted by atomic mass is 127. The molecule has 1 fully saturated rings. The average molecular weight is 495 g/mol. The van der Waals surface area contributed by atoms with Crippen molar-refractivity contribution in [3.63, 3.8) is 0 Å². The van der Waals surface area contributed by atoms with Gasteiger partial charge in [-0.1, -0.05) is 6.92 Å². The van der Waals surface area contributed by atoms with Crippen molar-refractivity contribution < 1.29 is 9.53 Å². The molecule has 148 valence electrons. The number of nitrogens with two attached hydrogens (primary N) is 1. The molecule has 2 N–H and O–H groups in total. The summed E-state index contributed by atoms with van der Waals surface area (Å²) in [5, 5.41) is 3.25. The van der Waals surface area contributed by atoms with Gasteiger partial charge in [-0.2, -0.15) is 0 Å². The van der Waals surface area contributed by atoms with E-state index >= 15 is 0 Å². The second-order valence-electron chi connectivity index (χ2n) is 7.03. The summed E-state index contributed by atoms with van der Waals surface area (Å²) in [6.07, 6.45) is 1.51. The number of guanidine groups is 1. The lowest BCUT2D eigenvalue weighted by molar-refractivity contribution is 0.0186. The Morgan fingerprint density at radius 1 is 1.31 bits per heavy atom. The number of ether oxygens (including phenoxy) is 1. The third kappa shape index (κ3) is 7.26. The van der Waals surface area contributed by atoms with Crippen molar-refractivity contribution in [2.24, 2.45) is 10.7 Å². The molecule has 0 aliphatic carbocycles. The molecule has 0 saturated carbocycles. The lowest BCUT2D eigenvalue weighted by atomic mass is 10.2. The first-order valence-electron chi connectivity index (χ1n) is 8.74. The highest BCUT2D eigenvalue weighted by molar-refractivity contribution is 14.0. The molecule has 1 aliphatic rings. The maximum atomic E-state index is 12.1. The van der Waals surface area contributed by atoms with Gasteiger partial charge in [0.1, 0.15) is 5.60 Å². The maximum Gasteiger partial charge on any atom is 0.410 e. The Hall–Kier alpha value is -1.10. The summed E-state index contributed by atoms with van der Waals surface area (Å²) in [7, 11) is 0. The summed E-state index contributed by atoms with van der Waals surface area (Å²) < 4.78 is 5.40. The number of aromatic nitrogens is 1. The van der Waals surface area contributed by atoms with Crippen molar-refractivity contribution in [2.45, 2.75) is 46.1 Å². The molecule has 7 nitrogen and oxygen atoms in total. The van der Waals surface area contributed by atoms with Crippen LogP contribution in [0.4, 0.5) is 4.79 Å². The van der Waals surface area contributed by atoms with Crippen LogP contribution >= 0.6 is 35.3 Å². The molecule has 2 heterocycles. The van der Waals surface area contributed by atoms with Gasteiger partial charge >= 0.3 is 6.09 Å². The predicted molar refractivity (Wildman–Crippen MR) is 116 cm³/mol. The number of aliphatic imine (C=N–C) groups is 1. The predicted octanol–water partition coefficient (Wildman–Crippen LogP) is 2.73. The van der Waals surface area contributed by atoms with Crippen LogP contribution in [0.15, 0.2) is 10.4 Å². The summed E-state index contributed by atoms with van der Waals surface area (Å²) in [5.41, 5.74) is 6.70. The summed E-state index contributed by atoms with van der Waals surface area (Å²) in [6, 6.07) is 0. The fourth-order valence-electron chi connectivity index (χ4n) is 2.46. The average Bonchev–Trinajstić information content (AvgIpc) is 3.01. The van der Waals surface area contributed by atoms with E-state index in [1.165, 1.54) is 0 Å². The number of thiazole rings is 1. The van der Waals surface area contributed by atoms with E-state index in [-0.39, 0.29) is 30.1 Å². The first-order chi connectivity index (χ1) is 11.8. The van der Waals surface area contributed by atoms with Crippen LogP contribution in [0.25, 0.3) is 0 Å². The highest BCUT2D eigenvalue weighted by Gasteiger charge is 2.26. The molecule has 0 aromatic carbocycles. The Kier molecular flexibility index (Phi) is 9.08. The van der Waals surface area contributed by atoms with E-state index in [0.29, 0.717) is 38.7 Å². The van der Waals surface area contributed by atoms with E-state index in [1.807, 2.05) is 25.7 Å². The third-order valence-corrected chi connectivity index (χ3v) is 4.84. The van der Waals surface area contributed by atoms with Gasteiger partial charge in [-0.25, -0.2) is 9.78 Å². The minimum absolute atomic E-state index is 0. The van der Waals surface area contributed by atoms with Crippen LogP contribution in [0.1, 0.15) is 38.4 Å². The number of rotatable bonds is 4. The monoisotopic (exact) mass is 495 g/mol. The topological polar surface area (TPSA) is 84.0 Å². The van der Waals surface area contributed by atoms with Gasteiger partial charge in [-0.15, -0.1) is 35.3 Å². The highest BCUT2D eigenvalue weighted by Crippen LogP contribution is 2.12. The van der Waals surface area contributed by atoms with Crippen molar-refractivity contribution in [3.8, 4) is 0 Å². The van der Waals surface area contributed by atoms with Gasteiger partial charge in [0, 0.05) is 44.5 Å². The SMILES string of the molecule is CCc1nc(CCN=C(N)N2CCN(C(=O)OC(C)(C)C)CC2)cs1.I. The molecule has 0 unspecified atom stereocenters. The molecule has 0 spiro atoms. The quantitative estimate of drug-likeness (QED) is 0.395. The first kappa shape index (κ1) is 22.9. The molecule has 1 aliphatic heterocycles. The van der Waals surface area contributed by atoms with Crippen LogP contribution < -0.4 is 5.73 Å². The van der Waals surface area contributed by atoms with Gasteiger partial charge in [0.2, 0.25) is 0 Å². The van der Waals surface area contributed by atoms with Crippen LogP contribution in [-0.4, -0.2) is 65.2 Å². The summed E-state index contributed by atoms with van der Waals surface area (Å²) >= 11 is 1.69. The summed E-state index contributed by atoms with van der Waals surface area (Å²) in [5.74, 6) is 0.537. The molecule has 9 heteroatoms. The lowest BCUT2D eigenvalue weighted by Gasteiger charge is -2.36. The van der Waals surface area contributed by atoms with E-state index in [0.717, 1.165) is 23.5 Å². The van der Waals surface area contributed by atoms with Gasteiger partial charge in [0.15, 0.2) is 5.96 Å². The Balaban J connectivity index is 0.00000338. The van der Waals surface area contributed by atoms with Crippen molar-refractivity contribution >= 4 is 47.4 Å². The number of amides is 1. The Morgan fingerprint density at radius 2 is 1.92 bits per heavy atom. The van der Waals surface area contributed by atoms with Crippen molar-refractivity contribution in [1.82, 2.24) is 14.8 Å². The number of carbonyl (C=O) groups excluding carboxylic acids is 1. The number of halogens is 1. The molecule has 1 amide bonds. The number of hydrogen-bond donors (Lipinski definition) is 1. The minimum Gasteiger partial charge on any atom is -0.444 e. The van der Waals surface area contributed by atoms with E-state index < -0.39 is 5.60 Å². The maximum absolute atomic E-state index is 12.1. The fourth-order valence-corrected chi connectivity index (χ4v) is 3.23. The second-order valence-corrected chi connectivity index (χ2v) is 7.97. The summed E-state index contributed by atoms with van der Waals surface area (Å²) in [6.45, 7) is 10.9. The van der Waals surface area contributed by atoms with Gasteiger partial charge in [-0.3, -0.25) is 4.99 Å². The third-order valence-electron chi connectivity index (χ3n) is 3.80. The van der Waals surface area contributed by atoms with Crippen molar-refractivity contribution in [2.75, 3.05) is 32.7 Å². The number of aryl methyl sites for hydroxylation is 1. The van der Waals surface area contributed by atoms with Gasteiger partial charge < -0.3 is 20.3 Å².